The Bertz CT molecular complexity index is 1110. The Morgan fingerprint density at radius 3 is 2.89 bits per heavy atom. The van der Waals surface area contributed by atoms with E-state index in [2.05, 4.69) is 4.98 Å². The number of hydrogen-bond donors (Lipinski definition) is 0. The van der Waals surface area contributed by atoms with E-state index in [4.69, 9.17) is 0 Å². The average Bonchev–Trinajstić information content (AvgIpc) is 2.67. The van der Waals surface area contributed by atoms with Crippen molar-refractivity contribution in [3.63, 3.8) is 0 Å². The van der Waals surface area contributed by atoms with Gasteiger partial charge in [-0.25, -0.2) is 9.37 Å². The summed E-state index contributed by atoms with van der Waals surface area (Å²) in [5, 5.41) is 0.742. The van der Waals surface area contributed by atoms with Crippen LogP contribution in [0.4, 0.5) is 10.1 Å². The third-order valence-corrected chi connectivity index (χ3v) is 5.19. The van der Waals surface area contributed by atoms with Gasteiger partial charge in [-0.2, -0.15) is 0 Å². The summed E-state index contributed by atoms with van der Waals surface area (Å²) in [7, 11) is 0. The summed E-state index contributed by atoms with van der Waals surface area (Å²) in [5.41, 5.74) is 1.79. The number of halogens is 1. The monoisotopic (exact) mass is 365 g/mol. The largest absolute Gasteiger partial charge is 0.305 e. The number of amides is 1. The number of benzene rings is 1. The van der Waals surface area contributed by atoms with E-state index in [9.17, 15) is 14.0 Å². The molecule has 27 heavy (non-hydrogen) atoms. The maximum absolute atomic E-state index is 13.6. The van der Waals surface area contributed by atoms with Crippen LogP contribution in [0.15, 0.2) is 47.4 Å². The quantitative estimate of drug-likeness (QED) is 0.698. The number of aromatic nitrogens is 2. The molecule has 0 saturated heterocycles. The molecule has 2 aromatic heterocycles. The van der Waals surface area contributed by atoms with Gasteiger partial charge in [0.1, 0.15) is 17.0 Å². The zero-order valence-electron chi connectivity index (χ0n) is 15.3. The van der Waals surface area contributed by atoms with E-state index in [1.54, 1.807) is 29.3 Å². The van der Waals surface area contributed by atoms with Gasteiger partial charge in [-0.15, -0.1) is 0 Å². The van der Waals surface area contributed by atoms with Crippen LogP contribution < -0.4 is 10.5 Å². The Kier molecular flexibility index (Phi) is 4.26. The van der Waals surface area contributed by atoms with Gasteiger partial charge in [-0.1, -0.05) is 0 Å². The third-order valence-electron chi connectivity index (χ3n) is 5.19. The molecule has 0 unspecified atom stereocenters. The van der Waals surface area contributed by atoms with E-state index in [1.807, 2.05) is 19.9 Å². The predicted octanol–water partition coefficient (Wildman–Crippen LogP) is 3.54. The number of fused-ring (bicyclic) bond motifs is 2. The summed E-state index contributed by atoms with van der Waals surface area (Å²) in [6.07, 6.45) is 3.06. The molecule has 0 N–H and O–H groups in total. The molecule has 5 nitrogen and oxygen atoms in total. The molecule has 4 rings (SSSR count). The van der Waals surface area contributed by atoms with Gasteiger partial charge in [0, 0.05) is 29.9 Å². The summed E-state index contributed by atoms with van der Waals surface area (Å²) >= 11 is 0. The van der Waals surface area contributed by atoms with Gasteiger partial charge in [0.05, 0.1) is 0 Å². The highest BCUT2D eigenvalue weighted by Gasteiger charge is 2.31. The number of carbonyl (C=O) groups excluding carboxylic acids is 1. The molecule has 0 bridgehead atoms. The minimum atomic E-state index is -0.354. The first kappa shape index (κ1) is 17.4. The fourth-order valence-electron chi connectivity index (χ4n) is 3.81. The topological polar surface area (TPSA) is 55.2 Å². The third kappa shape index (κ3) is 2.81. The van der Waals surface area contributed by atoms with Crippen LogP contribution in [0.25, 0.3) is 11.0 Å². The Labute approximate surface area is 156 Å². The standard InChI is InChI=1S/C21H20FN3O2/c1-3-24-19-15(5-4-10-23-19)12-17(20(24)26)21(27)25-13(2)6-7-14-11-16(22)8-9-18(14)25/h4-5,8-13H,3,6-7H2,1-2H3/t13-/m0/s1. The summed E-state index contributed by atoms with van der Waals surface area (Å²) in [4.78, 5) is 32.3. The second-order valence-corrected chi connectivity index (χ2v) is 6.86. The Morgan fingerprint density at radius 2 is 2.11 bits per heavy atom. The number of carbonyl (C=O) groups is 1. The van der Waals surface area contributed by atoms with Crippen LogP contribution in [-0.2, 0) is 13.0 Å². The van der Waals surface area contributed by atoms with Crippen LogP contribution in [0.1, 0.15) is 36.2 Å². The van der Waals surface area contributed by atoms with Gasteiger partial charge in [-0.05, 0) is 68.7 Å². The first-order valence-electron chi connectivity index (χ1n) is 9.11. The van der Waals surface area contributed by atoms with Crippen LogP contribution in [0.5, 0.6) is 0 Å². The summed E-state index contributed by atoms with van der Waals surface area (Å²) in [6, 6.07) is 9.61. The zero-order chi connectivity index (χ0) is 19.1. The van der Waals surface area contributed by atoms with Crippen LogP contribution >= 0.6 is 0 Å². The second-order valence-electron chi connectivity index (χ2n) is 6.86. The van der Waals surface area contributed by atoms with Crippen molar-refractivity contribution < 1.29 is 9.18 Å². The maximum Gasteiger partial charge on any atom is 0.265 e. The van der Waals surface area contributed by atoms with Crippen molar-refractivity contribution in [2.45, 2.75) is 39.3 Å². The lowest BCUT2D eigenvalue weighted by molar-refractivity contribution is 0.0973. The second kappa shape index (κ2) is 6.61. The van der Waals surface area contributed by atoms with E-state index < -0.39 is 0 Å². The summed E-state index contributed by atoms with van der Waals surface area (Å²) in [5.74, 6) is -0.672. The molecule has 1 amide bonds. The molecule has 3 heterocycles. The fourth-order valence-corrected chi connectivity index (χ4v) is 3.81. The normalized spacial score (nSPS) is 16.4. The molecule has 0 spiro atoms. The molecular weight excluding hydrogens is 345 g/mol. The number of aryl methyl sites for hydroxylation is 2. The molecule has 0 saturated carbocycles. The van der Waals surface area contributed by atoms with E-state index in [-0.39, 0.29) is 28.9 Å². The molecule has 1 aromatic carbocycles. The van der Waals surface area contributed by atoms with Crippen molar-refractivity contribution in [3.05, 3.63) is 69.9 Å². The van der Waals surface area contributed by atoms with Crippen molar-refractivity contribution >= 4 is 22.6 Å². The molecule has 138 valence electrons. The molecule has 6 heteroatoms. The molecule has 0 fully saturated rings. The van der Waals surface area contributed by atoms with Crippen LogP contribution in [-0.4, -0.2) is 21.5 Å². The Hall–Kier alpha value is -3.02. The molecule has 0 aliphatic carbocycles. The average molecular weight is 365 g/mol. The Balaban J connectivity index is 1.89. The van der Waals surface area contributed by atoms with E-state index in [0.717, 1.165) is 17.4 Å². The van der Waals surface area contributed by atoms with Crippen LogP contribution in [0.2, 0.25) is 0 Å². The highest BCUT2D eigenvalue weighted by atomic mass is 19.1. The molecule has 0 radical (unpaired) electrons. The number of anilines is 1. The zero-order valence-corrected chi connectivity index (χ0v) is 15.3. The van der Waals surface area contributed by atoms with Crippen molar-refractivity contribution in [3.8, 4) is 0 Å². The van der Waals surface area contributed by atoms with Crippen molar-refractivity contribution in [2.24, 2.45) is 0 Å². The SMILES string of the molecule is CCn1c(=O)c(C(=O)N2c3ccc(F)cc3CC[C@@H]2C)cc2cccnc21. The number of hydrogen-bond acceptors (Lipinski definition) is 3. The maximum atomic E-state index is 13.6. The summed E-state index contributed by atoms with van der Waals surface area (Å²) in [6.45, 7) is 4.22. The molecule has 1 aliphatic heterocycles. The van der Waals surface area contributed by atoms with Gasteiger partial charge in [0.15, 0.2) is 0 Å². The smallest absolute Gasteiger partial charge is 0.265 e. The first-order chi connectivity index (χ1) is 13.0. The van der Waals surface area contributed by atoms with Gasteiger partial charge in [0.25, 0.3) is 11.5 Å². The number of rotatable bonds is 2. The van der Waals surface area contributed by atoms with Crippen LogP contribution in [0.3, 0.4) is 0 Å². The van der Waals surface area contributed by atoms with E-state index >= 15 is 0 Å². The van der Waals surface area contributed by atoms with Crippen molar-refractivity contribution in [1.82, 2.24) is 9.55 Å². The summed E-state index contributed by atoms with van der Waals surface area (Å²) < 4.78 is 15.1. The van der Waals surface area contributed by atoms with Gasteiger partial charge >= 0.3 is 0 Å². The Morgan fingerprint density at radius 1 is 1.30 bits per heavy atom. The van der Waals surface area contributed by atoms with E-state index in [1.165, 1.54) is 16.7 Å². The fraction of sp³-hybridized carbons (Fsp3) is 0.286. The lowest BCUT2D eigenvalue weighted by Gasteiger charge is -2.35. The van der Waals surface area contributed by atoms with Crippen molar-refractivity contribution in [2.75, 3.05) is 4.90 Å². The van der Waals surface area contributed by atoms with Crippen molar-refractivity contribution in [1.29, 1.82) is 0 Å². The predicted molar refractivity (Wildman–Crippen MR) is 103 cm³/mol. The van der Waals surface area contributed by atoms with Gasteiger partial charge < -0.3 is 4.90 Å². The minimum Gasteiger partial charge on any atom is -0.305 e. The molecular formula is C21H20FN3O2. The molecule has 3 aromatic rings. The highest BCUT2D eigenvalue weighted by Crippen LogP contribution is 2.32. The molecule has 1 aliphatic rings. The highest BCUT2D eigenvalue weighted by molar-refractivity contribution is 6.08. The van der Waals surface area contributed by atoms with Gasteiger partial charge in [0.2, 0.25) is 0 Å². The number of pyridine rings is 2. The lowest BCUT2D eigenvalue weighted by atomic mass is 9.95. The van der Waals surface area contributed by atoms with Gasteiger partial charge in [-0.3, -0.25) is 14.2 Å². The van der Waals surface area contributed by atoms with E-state index in [0.29, 0.717) is 24.3 Å². The van der Waals surface area contributed by atoms with Crippen LogP contribution in [0, 0.1) is 5.82 Å². The minimum absolute atomic E-state index is 0.0745. The first-order valence-corrected chi connectivity index (χ1v) is 9.11. The molecule has 1 atom stereocenters. The lowest BCUT2D eigenvalue weighted by Crippen LogP contribution is -2.44. The number of nitrogens with zero attached hydrogens (tertiary/aromatic N) is 3.